The highest BCUT2D eigenvalue weighted by Gasteiger charge is 2.38. The lowest BCUT2D eigenvalue weighted by Crippen LogP contribution is -2.26. The third-order valence-electron chi connectivity index (χ3n) is 5.35. The van der Waals surface area contributed by atoms with E-state index in [0.29, 0.717) is 24.3 Å². The number of nitrogens with one attached hydrogen (secondary N) is 1. The Hall–Kier alpha value is -4.03. The van der Waals surface area contributed by atoms with Crippen LogP contribution in [0.4, 0.5) is 13.2 Å². The number of alkyl halides is 3. The molecule has 0 bridgehead atoms. The molecule has 0 spiro atoms. The Bertz CT molecular complexity index is 1200. The van der Waals surface area contributed by atoms with Crippen LogP contribution in [0.25, 0.3) is 5.65 Å². The number of carboxylic acids is 1. The van der Waals surface area contributed by atoms with Gasteiger partial charge in [0.05, 0.1) is 5.56 Å². The van der Waals surface area contributed by atoms with Crippen LogP contribution in [0.15, 0.2) is 42.9 Å². The molecular formula is C22H23F3N6O4. The molecule has 4 rings (SSSR count). The van der Waals surface area contributed by atoms with E-state index in [1.165, 1.54) is 0 Å². The summed E-state index contributed by atoms with van der Waals surface area (Å²) in [6.45, 7) is 3.48. The van der Waals surface area contributed by atoms with Crippen molar-refractivity contribution < 1.29 is 32.7 Å². The molecule has 2 amide bonds. The number of hydrogen-bond acceptors (Lipinski definition) is 6. The Kier molecular flexibility index (Phi) is 7.99. The van der Waals surface area contributed by atoms with Gasteiger partial charge in [-0.3, -0.25) is 19.0 Å². The van der Waals surface area contributed by atoms with Crippen molar-refractivity contribution in [2.45, 2.75) is 31.9 Å². The minimum Gasteiger partial charge on any atom is -0.475 e. The van der Waals surface area contributed by atoms with E-state index in [-0.39, 0.29) is 17.7 Å². The number of hydrogen-bond donors (Lipinski definition) is 2. The maximum atomic E-state index is 12.5. The van der Waals surface area contributed by atoms with Crippen LogP contribution in [-0.4, -0.2) is 73.2 Å². The second kappa shape index (κ2) is 10.9. The maximum absolute atomic E-state index is 12.5. The molecule has 1 unspecified atom stereocenters. The van der Waals surface area contributed by atoms with Gasteiger partial charge in [0, 0.05) is 51.1 Å². The lowest BCUT2D eigenvalue weighted by molar-refractivity contribution is -0.192. The number of rotatable bonds is 5. The van der Waals surface area contributed by atoms with E-state index in [1.54, 1.807) is 37.6 Å². The predicted octanol–water partition coefficient (Wildman–Crippen LogP) is 2.07. The Morgan fingerprint density at radius 1 is 1.20 bits per heavy atom. The number of likely N-dealkylation sites (tertiary alicyclic amines) is 1. The van der Waals surface area contributed by atoms with Gasteiger partial charge >= 0.3 is 12.1 Å². The number of pyridine rings is 2. The molecule has 0 aliphatic carbocycles. The molecule has 4 heterocycles. The Morgan fingerprint density at radius 2 is 1.94 bits per heavy atom. The molecule has 2 N–H and O–H groups in total. The van der Waals surface area contributed by atoms with Crippen molar-refractivity contribution in [1.82, 2.24) is 29.8 Å². The second-order valence-corrected chi connectivity index (χ2v) is 7.82. The molecule has 0 aromatic carbocycles. The number of carbonyl (C=O) groups is 3. The largest absolute Gasteiger partial charge is 0.490 e. The molecule has 10 nitrogen and oxygen atoms in total. The molecule has 35 heavy (non-hydrogen) atoms. The van der Waals surface area contributed by atoms with E-state index in [0.717, 1.165) is 30.8 Å². The highest BCUT2D eigenvalue weighted by molar-refractivity contribution is 5.94. The first-order valence-corrected chi connectivity index (χ1v) is 10.6. The van der Waals surface area contributed by atoms with Gasteiger partial charge in [-0.05, 0) is 36.6 Å². The van der Waals surface area contributed by atoms with Crippen molar-refractivity contribution in [2.75, 3.05) is 19.6 Å². The van der Waals surface area contributed by atoms with Crippen LogP contribution in [0.1, 0.15) is 41.0 Å². The zero-order valence-corrected chi connectivity index (χ0v) is 18.7. The second-order valence-electron chi connectivity index (χ2n) is 7.82. The Balaban J connectivity index is 0.000000429. The average Bonchev–Trinajstić information content (AvgIpc) is 3.46. The van der Waals surface area contributed by atoms with E-state index in [1.807, 2.05) is 21.4 Å². The van der Waals surface area contributed by atoms with Gasteiger partial charge in [-0.15, -0.1) is 10.2 Å². The van der Waals surface area contributed by atoms with Gasteiger partial charge in [0.2, 0.25) is 5.91 Å². The number of aromatic nitrogens is 4. The zero-order valence-electron chi connectivity index (χ0n) is 18.7. The minimum absolute atomic E-state index is 0.0741. The third kappa shape index (κ3) is 6.74. The summed E-state index contributed by atoms with van der Waals surface area (Å²) in [6, 6.07) is 7.42. The van der Waals surface area contributed by atoms with Crippen molar-refractivity contribution in [2.24, 2.45) is 0 Å². The third-order valence-corrected chi connectivity index (χ3v) is 5.35. The summed E-state index contributed by atoms with van der Waals surface area (Å²) in [5, 5.41) is 18.6. The number of amides is 2. The van der Waals surface area contributed by atoms with Gasteiger partial charge in [0.25, 0.3) is 5.91 Å². The van der Waals surface area contributed by atoms with Crippen molar-refractivity contribution in [3.05, 3.63) is 59.8 Å². The molecule has 0 saturated carbocycles. The molecule has 3 aromatic rings. The first-order chi connectivity index (χ1) is 16.6. The van der Waals surface area contributed by atoms with Gasteiger partial charge < -0.3 is 15.3 Å². The van der Waals surface area contributed by atoms with Crippen molar-refractivity contribution in [3.63, 3.8) is 0 Å². The van der Waals surface area contributed by atoms with Gasteiger partial charge in [0.15, 0.2) is 5.65 Å². The Morgan fingerprint density at radius 3 is 2.54 bits per heavy atom. The Labute approximate surface area is 197 Å². The summed E-state index contributed by atoms with van der Waals surface area (Å²) in [5.41, 5.74) is 2.33. The monoisotopic (exact) mass is 492 g/mol. The summed E-state index contributed by atoms with van der Waals surface area (Å²) in [6.07, 6.45) is 1.80. The summed E-state index contributed by atoms with van der Waals surface area (Å²) >= 11 is 0. The number of aliphatic carboxylic acids is 1. The maximum Gasteiger partial charge on any atom is 0.490 e. The van der Waals surface area contributed by atoms with E-state index in [4.69, 9.17) is 9.90 Å². The molecule has 0 radical (unpaired) electrons. The van der Waals surface area contributed by atoms with Crippen LogP contribution < -0.4 is 5.32 Å². The van der Waals surface area contributed by atoms with E-state index in [9.17, 15) is 22.8 Å². The fraction of sp³-hybridized carbons (Fsp3) is 0.364. The number of fused-ring (bicyclic) bond motifs is 1. The summed E-state index contributed by atoms with van der Waals surface area (Å²) in [5.74, 6) is -1.90. The van der Waals surface area contributed by atoms with Crippen molar-refractivity contribution >= 4 is 23.4 Å². The van der Waals surface area contributed by atoms with Crippen LogP contribution in [0, 0.1) is 0 Å². The molecule has 1 fully saturated rings. The van der Waals surface area contributed by atoms with Crippen molar-refractivity contribution in [3.8, 4) is 0 Å². The zero-order chi connectivity index (χ0) is 25.6. The summed E-state index contributed by atoms with van der Waals surface area (Å²) < 4.78 is 33.6. The summed E-state index contributed by atoms with van der Waals surface area (Å²) in [4.78, 5) is 38.9. The van der Waals surface area contributed by atoms with Crippen LogP contribution in [0.2, 0.25) is 0 Å². The van der Waals surface area contributed by atoms with Crippen LogP contribution >= 0.6 is 0 Å². The van der Waals surface area contributed by atoms with Crippen LogP contribution in [-0.2, 0) is 16.0 Å². The number of carboxylic acid groups (broad SMARTS) is 1. The van der Waals surface area contributed by atoms with Gasteiger partial charge in [-0.1, -0.05) is 6.07 Å². The number of carbonyl (C=O) groups excluding carboxylic acids is 2. The molecule has 13 heteroatoms. The predicted molar refractivity (Wildman–Crippen MR) is 117 cm³/mol. The van der Waals surface area contributed by atoms with Crippen LogP contribution in [0.3, 0.4) is 0 Å². The van der Waals surface area contributed by atoms with E-state index < -0.39 is 12.1 Å². The molecular weight excluding hydrogens is 469 g/mol. The highest BCUT2D eigenvalue weighted by Crippen LogP contribution is 2.26. The summed E-state index contributed by atoms with van der Waals surface area (Å²) in [7, 11) is 0. The fourth-order valence-electron chi connectivity index (χ4n) is 3.55. The quantitative estimate of drug-likeness (QED) is 0.558. The molecule has 186 valence electrons. The normalized spacial score (nSPS) is 15.4. The number of nitrogens with zero attached hydrogens (tertiary/aromatic N) is 5. The molecule has 1 aliphatic heterocycles. The lowest BCUT2D eigenvalue weighted by atomic mass is 10.1. The highest BCUT2D eigenvalue weighted by atomic mass is 19.4. The minimum atomic E-state index is -5.08. The van der Waals surface area contributed by atoms with Crippen molar-refractivity contribution in [1.29, 1.82) is 0 Å². The first kappa shape index (κ1) is 25.6. The van der Waals surface area contributed by atoms with Gasteiger partial charge in [-0.2, -0.15) is 13.2 Å². The van der Waals surface area contributed by atoms with E-state index >= 15 is 0 Å². The van der Waals surface area contributed by atoms with E-state index in [2.05, 4.69) is 20.5 Å². The van der Waals surface area contributed by atoms with Gasteiger partial charge in [-0.25, -0.2) is 4.79 Å². The topological polar surface area (TPSA) is 130 Å². The SMILES string of the molecule is CC(=O)N1CCC(c2nnc3ccc(C(=O)NCCc4cccnc4)cn23)C1.O=C(O)C(F)(F)F. The lowest BCUT2D eigenvalue weighted by Gasteiger charge is -2.13. The molecule has 1 saturated heterocycles. The first-order valence-electron chi connectivity index (χ1n) is 10.6. The fourth-order valence-corrected chi connectivity index (χ4v) is 3.55. The smallest absolute Gasteiger partial charge is 0.475 e. The van der Waals surface area contributed by atoms with Crippen LogP contribution in [0.5, 0.6) is 0 Å². The van der Waals surface area contributed by atoms with Gasteiger partial charge in [0.1, 0.15) is 5.82 Å². The standard InChI is InChI=1S/C20H22N6O2.C2HF3O2/c1-14(27)25-10-7-16(12-25)19-24-23-18-5-4-17(13-26(18)19)20(28)22-9-6-15-3-2-8-21-11-15;3-2(4,5)1(6)7/h2-5,8,11,13,16H,6-7,9-10,12H2,1H3,(H,22,28);(H,6,7). The molecule has 3 aromatic heterocycles. The molecule has 1 atom stereocenters. The molecule has 1 aliphatic rings. The number of halogens is 3. The average molecular weight is 492 g/mol.